The van der Waals surface area contributed by atoms with Gasteiger partial charge in [0.15, 0.2) is 0 Å². The Hall–Kier alpha value is -1.04. The maximum absolute atomic E-state index is 13.5. The molecule has 2 N–H and O–H groups in total. The van der Waals surface area contributed by atoms with Crippen molar-refractivity contribution in [3.8, 4) is 0 Å². The van der Waals surface area contributed by atoms with Crippen molar-refractivity contribution in [1.29, 1.82) is 0 Å². The lowest BCUT2D eigenvalue weighted by Gasteiger charge is -2.37. The number of amides is 1. The van der Waals surface area contributed by atoms with Crippen LogP contribution in [0.1, 0.15) is 19.3 Å². The second-order valence-corrected chi connectivity index (χ2v) is 6.08. The van der Waals surface area contributed by atoms with E-state index in [1.807, 2.05) is 16.8 Å². The number of likely N-dealkylation sites (N-methyl/N-ethyl adjacent to an activating group) is 1. The number of nitrogens with two attached hydrogens (primary N) is 1. The highest BCUT2D eigenvalue weighted by Crippen LogP contribution is 2.38. The molecule has 4 nitrogen and oxygen atoms in total. The average molecular weight is 364 g/mol. The summed E-state index contributed by atoms with van der Waals surface area (Å²) in [7, 11) is 1.93. The molecule has 1 aliphatic heterocycles. The quantitative estimate of drug-likeness (QED) is 0.878. The van der Waals surface area contributed by atoms with Gasteiger partial charge in [0.05, 0.1) is 11.4 Å². The molecule has 1 aromatic carbocycles. The minimum Gasteiger partial charge on any atom is -0.371 e. The molecule has 130 valence electrons. The van der Waals surface area contributed by atoms with Crippen molar-refractivity contribution in [2.75, 3.05) is 36.5 Å². The third-order valence-electron chi connectivity index (χ3n) is 4.84. The van der Waals surface area contributed by atoms with Crippen LogP contribution in [-0.2, 0) is 4.79 Å². The number of carbonyl (C=O) groups excluding carboxylic acids is 1. The Morgan fingerprint density at radius 2 is 2.00 bits per heavy atom. The first-order valence-corrected chi connectivity index (χ1v) is 7.64. The van der Waals surface area contributed by atoms with Crippen molar-refractivity contribution in [2.45, 2.75) is 19.3 Å². The molecule has 0 unspecified atom stereocenters. The molecule has 1 aliphatic carbocycles. The number of hydrogen-bond acceptors (Lipinski definition) is 3. The Bertz CT molecular complexity index is 558. The summed E-state index contributed by atoms with van der Waals surface area (Å²) < 4.78 is 13.5. The fraction of sp³-hybridized carbons (Fsp3) is 0.562. The molecule has 2 aliphatic rings. The van der Waals surface area contributed by atoms with Gasteiger partial charge in [-0.05, 0) is 43.5 Å². The summed E-state index contributed by atoms with van der Waals surface area (Å²) in [5.74, 6) is 0.205. The number of nitrogens with zero attached hydrogens (tertiary/aromatic N) is 2. The van der Waals surface area contributed by atoms with Gasteiger partial charge in [-0.25, -0.2) is 4.39 Å². The molecule has 0 radical (unpaired) electrons. The monoisotopic (exact) mass is 363 g/mol. The summed E-state index contributed by atoms with van der Waals surface area (Å²) >= 11 is 0. The minimum atomic E-state index is -0.268. The zero-order valence-corrected chi connectivity index (χ0v) is 14.8. The zero-order chi connectivity index (χ0) is 15.0. The second kappa shape index (κ2) is 8.18. The van der Waals surface area contributed by atoms with E-state index in [0.717, 1.165) is 37.2 Å². The van der Waals surface area contributed by atoms with E-state index in [9.17, 15) is 9.18 Å². The lowest BCUT2D eigenvalue weighted by atomic mass is 9.94. The van der Waals surface area contributed by atoms with Crippen LogP contribution in [0.4, 0.5) is 15.8 Å². The predicted molar refractivity (Wildman–Crippen MR) is 96.4 cm³/mol. The van der Waals surface area contributed by atoms with Gasteiger partial charge in [0.25, 0.3) is 0 Å². The highest BCUT2D eigenvalue weighted by molar-refractivity contribution is 5.99. The van der Waals surface area contributed by atoms with Crippen LogP contribution in [-0.4, -0.2) is 32.6 Å². The molecule has 2 atom stereocenters. The van der Waals surface area contributed by atoms with E-state index in [4.69, 9.17) is 5.73 Å². The summed E-state index contributed by atoms with van der Waals surface area (Å²) in [6.45, 7) is 1.95. The largest absolute Gasteiger partial charge is 0.371 e. The summed E-state index contributed by atoms with van der Waals surface area (Å²) in [4.78, 5) is 16.7. The van der Waals surface area contributed by atoms with E-state index < -0.39 is 0 Å². The molecule has 1 heterocycles. The van der Waals surface area contributed by atoms with Gasteiger partial charge in [-0.2, -0.15) is 0 Å². The summed E-state index contributed by atoms with van der Waals surface area (Å²) in [6, 6.07) is 4.64. The Kier molecular flexibility index (Phi) is 7.11. The Labute approximate surface area is 149 Å². The van der Waals surface area contributed by atoms with E-state index in [-0.39, 0.29) is 42.5 Å². The molecule has 1 amide bonds. The van der Waals surface area contributed by atoms with Crippen LogP contribution in [0.2, 0.25) is 0 Å². The van der Waals surface area contributed by atoms with Crippen LogP contribution in [0.25, 0.3) is 0 Å². The molecule has 23 heavy (non-hydrogen) atoms. The SMILES string of the molecule is CN1CCN(C(=O)[C@@H]2CCC[C@@H]2CN)c2ccc(F)cc21.Cl.Cl. The number of halogens is 3. The fourth-order valence-electron chi connectivity index (χ4n) is 3.59. The number of carbonyl (C=O) groups is 1. The molecule has 0 aromatic heterocycles. The Balaban J connectivity index is 0.00000132. The van der Waals surface area contributed by atoms with E-state index >= 15 is 0 Å². The second-order valence-electron chi connectivity index (χ2n) is 6.08. The first kappa shape index (κ1) is 20.0. The topological polar surface area (TPSA) is 49.6 Å². The van der Waals surface area contributed by atoms with Crippen molar-refractivity contribution < 1.29 is 9.18 Å². The van der Waals surface area contributed by atoms with Crippen LogP contribution in [0.3, 0.4) is 0 Å². The third-order valence-corrected chi connectivity index (χ3v) is 4.84. The molecular weight excluding hydrogens is 340 g/mol. The van der Waals surface area contributed by atoms with E-state index in [1.54, 1.807) is 6.07 Å². The van der Waals surface area contributed by atoms with Crippen LogP contribution in [0, 0.1) is 17.7 Å². The predicted octanol–water partition coefficient (Wildman–Crippen LogP) is 2.83. The maximum atomic E-state index is 13.5. The van der Waals surface area contributed by atoms with Crippen LogP contribution >= 0.6 is 24.8 Å². The molecule has 3 rings (SSSR count). The third kappa shape index (κ3) is 3.73. The number of hydrogen-bond donors (Lipinski definition) is 1. The van der Waals surface area contributed by atoms with Gasteiger partial charge in [0.2, 0.25) is 5.91 Å². The number of benzene rings is 1. The highest BCUT2D eigenvalue weighted by Gasteiger charge is 2.37. The van der Waals surface area contributed by atoms with Crippen LogP contribution < -0.4 is 15.5 Å². The Morgan fingerprint density at radius 1 is 1.26 bits per heavy atom. The molecule has 0 spiro atoms. The minimum absolute atomic E-state index is 0. The van der Waals surface area contributed by atoms with E-state index in [0.29, 0.717) is 19.0 Å². The molecule has 1 aromatic rings. The zero-order valence-electron chi connectivity index (χ0n) is 13.2. The van der Waals surface area contributed by atoms with Crippen molar-refractivity contribution in [2.24, 2.45) is 17.6 Å². The summed E-state index contributed by atoms with van der Waals surface area (Å²) in [5.41, 5.74) is 7.41. The highest BCUT2D eigenvalue weighted by atomic mass is 35.5. The lowest BCUT2D eigenvalue weighted by Crippen LogP contribution is -2.46. The molecule has 7 heteroatoms. The fourth-order valence-corrected chi connectivity index (χ4v) is 3.59. The summed E-state index contributed by atoms with van der Waals surface area (Å²) in [5, 5.41) is 0. The van der Waals surface area contributed by atoms with Crippen LogP contribution in [0.15, 0.2) is 18.2 Å². The number of anilines is 2. The summed E-state index contributed by atoms with van der Waals surface area (Å²) in [6.07, 6.45) is 3.03. The standard InChI is InChI=1S/C16H22FN3O.2ClH/c1-19-7-8-20(14-6-5-12(17)9-15(14)19)16(21)13-4-2-3-11(13)10-18;;/h5-6,9,11,13H,2-4,7-8,10,18H2,1H3;2*1H/t11-,13-;;/m1../s1. The maximum Gasteiger partial charge on any atom is 0.230 e. The molecular formula is C16H24Cl2FN3O. The van der Waals surface area contributed by atoms with Crippen molar-refractivity contribution >= 4 is 42.1 Å². The molecule has 1 saturated carbocycles. The average Bonchev–Trinajstić information content (AvgIpc) is 2.96. The van der Waals surface area contributed by atoms with Gasteiger partial charge < -0.3 is 15.5 Å². The van der Waals surface area contributed by atoms with Gasteiger partial charge in [-0.3, -0.25) is 4.79 Å². The van der Waals surface area contributed by atoms with Gasteiger partial charge in [-0.1, -0.05) is 6.42 Å². The van der Waals surface area contributed by atoms with Crippen LogP contribution in [0.5, 0.6) is 0 Å². The first-order valence-electron chi connectivity index (χ1n) is 7.64. The molecule has 1 fully saturated rings. The first-order chi connectivity index (χ1) is 10.1. The van der Waals surface area contributed by atoms with E-state index in [1.165, 1.54) is 12.1 Å². The van der Waals surface area contributed by atoms with Gasteiger partial charge >= 0.3 is 0 Å². The molecule has 0 saturated heterocycles. The molecule has 0 bridgehead atoms. The lowest BCUT2D eigenvalue weighted by molar-refractivity contribution is -0.123. The van der Waals surface area contributed by atoms with E-state index in [2.05, 4.69) is 0 Å². The number of fused-ring (bicyclic) bond motifs is 1. The Morgan fingerprint density at radius 3 is 2.70 bits per heavy atom. The van der Waals surface area contributed by atoms with Crippen molar-refractivity contribution in [3.63, 3.8) is 0 Å². The smallest absolute Gasteiger partial charge is 0.230 e. The van der Waals surface area contributed by atoms with Gasteiger partial charge in [-0.15, -0.1) is 24.8 Å². The van der Waals surface area contributed by atoms with Gasteiger partial charge in [0.1, 0.15) is 5.82 Å². The van der Waals surface area contributed by atoms with Crippen molar-refractivity contribution in [1.82, 2.24) is 0 Å². The van der Waals surface area contributed by atoms with Crippen molar-refractivity contribution in [3.05, 3.63) is 24.0 Å². The normalized spacial score (nSPS) is 22.9. The van der Waals surface area contributed by atoms with Gasteiger partial charge in [0, 0.05) is 26.1 Å². The number of rotatable bonds is 2.